The number of aryl methyl sites for hydroxylation is 1. The van der Waals surface area contributed by atoms with E-state index < -0.39 is 29.3 Å². The summed E-state index contributed by atoms with van der Waals surface area (Å²) in [4.78, 5) is 27.8. The molecule has 1 aliphatic heterocycles. The average molecular weight is 502 g/mol. The maximum Gasteiger partial charge on any atom is 0.295 e. The number of methoxy groups -OCH3 is 3. The molecule has 0 aromatic heterocycles. The van der Waals surface area contributed by atoms with Crippen LogP contribution in [0.5, 0.6) is 17.2 Å². The highest BCUT2D eigenvalue weighted by atomic mass is 19.1. The molecule has 1 atom stereocenters. The second kappa shape index (κ2) is 11.4. The van der Waals surface area contributed by atoms with Crippen molar-refractivity contribution in [3.05, 3.63) is 58.4 Å². The second-order valence-corrected chi connectivity index (χ2v) is 8.69. The Bertz CT molecular complexity index is 1150. The quantitative estimate of drug-likeness (QED) is 0.223. The third-order valence-corrected chi connectivity index (χ3v) is 5.97. The van der Waals surface area contributed by atoms with E-state index in [9.17, 15) is 19.1 Å². The van der Waals surface area contributed by atoms with Crippen molar-refractivity contribution in [3.8, 4) is 17.2 Å². The summed E-state index contributed by atoms with van der Waals surface area (Å²) in [5.41, 5.74) is 0.898. The Labute approximate surface area is 210 Å². The molecule has 0 bridgehead atoms. The number of carbonyl (C=O) groups excluding carboxylic acids is 2. The molecule has 0 aliphatic carbocycles. The van der Waals surface area contributed by atoms with Crippen molar-refractivity contribution in [1.29, 1.82) is 0 Å². The van der Waals surface area contributed by atoms with Crippen LogP contribution in [0.3, 0.4) is 0 Å². The predicted molar refractivity (Wildman–Crippen MR) is 132 cm³/mol. The summed E-state index contributed by atoms with van der Waals surface area (Å²) in [5, 5.41) is 11.2. The van der Waals surface area contributed by atoms with E-state index in [2.05, 4.69) is 0 Å². The number of halogens is 1. The molecular formula is C27H32FNO7. The molecular weight excluding hydrogens is 469 g/mol. The lowest BCUT2D eigenvalue weighted by atomic mass is 9.94. The lowest BCUT2D eigenvalue weighted by molar-refractivity contribution is -0.140. The minimum atomic E-state index is -0.942. The van der Waals surface area contributed by atoms with E-state index in [1.165, 1.54) is 44.4 Å². The van der Waals surface area contributed by atoms with Crippen LogP contribution in [0, 0.1) is 12.7 Å². The summed E-state index contributed by atoms with van der Waals surface area (Å²) in [5.74, 6) is -1.41. The van der Waals surface area contributed by atoms with Gasteiger partial charge in [0.2, 0.25) is 5.75 Å². The lowest BCUT2D eigenvalue weighted by Crippen LogP contribution is -2.31. The van der Waals surface area contributed by atoms with Crippen LogP contribution in [0.4, 0.5) is 4.39 Å². The van der Waals surface area contributed by atoms with Crippen molar-refractivity contribution >= 4 is 17.4 Å². The molecule has 8 nitrogen and oxygen atoms in total. The van der Waals surface area contributed by atoms with Gasteiger partial charge in [-0.1, -0.05) is 0 Å². The highest BCUT2D eigenvalue weighted by Crippen LogP contribution is 2.45. The maximum absolute atomic E-state index is 13.9. The van der Waals surface area contributed by atoms with Gasteiger partial charge in [0.05, 0.1) is 39.0 Å². The average Bonchev–Trinajstić information content (AvgIpc) is 3.11. The Balaban J connectivity index is 2.18. The molecule has 2 aromatic carbocycles. The van der Waals surface area contributed by atoms with Crippen molar-refractivity contribution in [1.82, 2.24) is 4.90 Å². The largest absolute Gasteiger partial charge is 0.507 e. The fourth-order valence-corrected chi connectivity index (χ4v) is 4.22. The number of likely N-dealkylation sites (tertiary alicyclic amines) is 1. The maximum atomic E-state index is 13.9. The first-order valence-electron chi connectivity index (χ1n) is 11.6. The van der Waals surface area contributed by atoms with Crippen LogP contribution in [0.1, 0.15) is 43.0 Å². The molecule has 1 N–H and O–H groups in total. The number of ketones is 1. The first-order chi connectivity index (χ1) is 17.1. The zero-order valence-electron chi connectivity index (χ0n) is 21.4. The van der Waals surface area contributed by atoms with Crippen LogP contribution >= 0.6 is 0 Å². The number of nitrogens with zero attached hydrogens (tertiary/aromatic N) is 1. The number of carbonyl (C=O) groups is 2. The van der Waals surface area contributed by atoms with Crippen LogP contribution in [-0.2, 0) is 14.3 Å². The first kappa shape index (κ1) is 27.0. The van der Waals surface area contributed by atoms with E-state index in [1.54, 1.807) is 19.1 Å². The molecule has 3 rings (SSSR count). The molecule has 9 heteroatoms. The summed E-state index contributed by atoms with van der Waals surface area (Å²) >= 11 is 0. The zero-order chi connectivity index (χ0) is 26.6. The topological polar surface area (TPSA) is 94.5 Å². The Morgan fingerprint density at radius 1 is 1.06 bits per heavy atom. The molecule has 2 aromatic rings. The SMILES string of the molecule is COc1cc(C2/C(=C(\O)c3ccc(F)c(C)c3)C(=O)C(=O)N2CCCOC(C)C)cc(OC)c1OC. The number of aliphatic hydroxyl groups is 1. The molecule has 36 heavy (non-hydrogen) atoms. The number of benzene rings is 2. The van der Waals surface area contributed by atoms with Crippen LogP contribution < -0.4 is 14.2 Å². The highest BCUT2D eigenvalue weighted by Gasteiger charge is 2.46. The molecule has 1 saturated heterocycles. The van der Waals surface area contributed by atoms with Crippen LogP contribution in [0.15, 0.2) is 35.9 Å². The monoisotopic (exact) mass is 501 g/mol. The van der Waals surface area contributed by atoms with Crippen molar-refractivity contribution in [3.63, 3.8) is 0 Å². The summed E-state index contributed by atoms with van der Waals surface area (Å²) < 4.78 is 35.8. The Kier molecular flexibility index (Phi) is 8.57. The molecule has 1 aliphatic rings. The third kappa shape index (κ3) is 5.31. The van der Waals surface area contributed by atoms with Gasteiger partial charge in [-0.3, -0.25) is 9.59 Å². The van der Waals surface area contributed by atoms with Gasteiger partial charge in [0, 0.05) is 18.7 Å². The number of hydrogen-bond acceptors (Lipinski definition) is 7. The van der Waals surface area contributed by atoms with E-state index in [-0.39, 0.29) is 23.8 Å². The van der Waals surface area contributed by atoms with E-state index >= 15 is 0 Å². The third-order valence-electron chi connectivity index (χ3n) is 5.97. The van der Waals surface area contributed by atoms with Gasteiger partial charge < -0.3 is 29.0 Å². The fourth-order valence-electron chi connectivity index (χ4n) is 4.22. The number of hydrogen-bond donors (Lipinski definition) is 1. The summed E-state index contributed by atoms with van der Waals surface area (Å²) in [6.45, 7) is 5.97. The summed E-state index contributed by atoms with van der Waals surface area (Å²) in [7, 11) is 4.39. The van der Waals surface area contributed by atoms with E-state index in [0.717, 1.165) is 0 Å². The highest BCUT2D eigenvalue weighted by molar-refractivity contribution is 6.46. The van der Waals surface area contributed by atoms with Crippen molar-refractivity contribution in [2.24, 2.45) is 0 Å². The Morgan fingerprint density at radius 3 is 2.22 bits per heavy atom. The standard InChI is InChI=1S/C27H32FNO7/c1-15(2)36-11-7-10-29-23(18-13-20(33-4)26(35-6)21(14-18)34-5)22(25(31)27(29)32)24(30)17-8-9-19(28)16(3)12-17/h8-9,12-15,23,30H,7,10-11H2,1-6H3/b24-22+. The number of Topliss-reactive ketones (excluding diaryl/α,β-unsaturated/α-hetero) is 1. The van der Waals surface area contributed by atoms with Crippen molar-refractivity contribution in [2.45, 2.75) is 39.3 Å². The summed E-state index contributed by atoms with van der Waals surface area (Å²) in [6.07, 6.45) is 0.495. The fraction of sp³-hybridized carbons (Fsp3) is 0.407. The minimum Gasteiger partial charge on any atom is -0.507 e. The smallest absolute Gasteiger partial charge is 0.295 e. The minimum absolute atomic E-state index is 0.0213. The molecule has 0 saturated carbocycles. The first-order valence-corrected chi connectivity index (χ1v) is 11.6. The van der Waals surface area contributed by atoms with Gasteiger partial charge in [-0.2, -0.15) is 0 Å². The molecule has 1 unspecified atom stereocenters. The number of ether oxygens (including phenoxy) is 4. The lowest BCUT2D eigenvalue weighted by Gasteiger charge is -2.26. The zero-order valence-corrected chi connectivity index (χ0v) is 21.4. The number of rotatable bonds is 10. The van der Waals surface area contributed by atoms with E-state index in [1.807, 2.05) is 13.8 Å². The summed E-state index contributed by atoms with van der Waals surface area (Å²) in [6, 6.07) is 6.34. The van der Waals surface area contributed by atoms with E-state index in [0.29, 0.717) is 41.4 Å². The van der Waals surface area contributed by atoms with Gasteiger partial charge in [0.15, 0.2) is 11.5 Å². The second-order valence-electron chi connectivity index (χ2n) is 8.69. The number of amides is 1. The normalized spacial score (nSPS) is 17.1. The van der Waals surface area contributed by atoms with Crippen LogP contribution in [0.2, 0.25) is 0 Å². The molecule has 1 fully saturated rings. The van der Waals surface area contributed by atoms with Gasteiger partial charge in [-0.15, -0.1) is 0 Å². The van der Waals surface area contributed by atoms with Crippen molar-refractivity contribution < 1.29 is 38.0 Å². The van der Waals surface area contributed by atoms with Gasteiger partial charge in [0.25, 0.3) is 11.7 Å². The molecule has 1 heterocycles. The molecule has 1 amide bonds. The van der Waals surface area contributed by atoms with Crippen molar-refractivity contribution in [2.75, 3.05) is 34.5 Å². The van der Waals surface area contributed by atoms with Gasteiger partial charge >= 0.3 is 0 Å². The Hall–Kier alpha value is -3.59. The number of aliphatic hydroxyl groups excluding tert-OH is 1. The van der Waals surface area contributed by atoms with Gasteiger partial charge in [0.1, 0.15) is 11.6 Å². The predicted octanol–water partition coefficient (Wildman–Crippen LogP) is 4.40. The van der Waals surface area contributed by atoms with Gasteiger partial charge in [-0.05, 0) is 68.7 Å². The van der Waals surface area contributed by atoms with Crippen LogP contribution in [0.25, 0.3) is 5.76 Å². The van der Waals surface area contributed by atoms with Crippen LogP contribution in [-0.4, -0.2) is 62.3 Å². The molecule has 0 radical (unpaired) electrons. The Morgan fingerprint density at radius 2 is 1.69 bits per heavy atom. The molecule has 0 spiro atoms. The molecule has 194 valence electrons. The van der Waals surface area contributed by atoms with Gasteiger partial charge in [-0.25, -0.2) is 4.39 Å². The van der Waals surface area contributed by atoms with E-state index in [4.69, 9.17) is 18.9 Å².